The Morgan fingerprint density at radius 1 is 0.742 bits per heavy atom. The molecule has 4 rings (SSSR count). The van der Waals surface area contributed by atoms with Crippen LogP contribution in [0, 0.1) is 0 Å². The molecule has 1 aliphatic heterocycles. The van der Waals surface area contributed by atoms with Gasteiger partial charge in [0.25, 0.3) is 0 Å². The van der Waals surface area contributed by atoms with Crippen LogP contribution in [0.25, 0.3) is 0 Å². The summed E-state index contributed by atoms with van der Waals surface area (Å²) in [5.74, 6) is 0.896. The Morgan fingerprint density at radius 2 is 1.26 bits per heavy atom. The van der Waals surface area contributed by atoms with Gasteiger partial charge in [0.05, 0.1) is 0 Å². The van der Waals surface area contributed by atoms with E-state index in [0.717, 1.165) is 22.0 Å². The van der Waals surface area contributed by atoms with Crippen LogP contribution >= 0.6 is 7.21 Å². The molecule has 1 aliphatic rings. The molecule has 0 fully saturated rings. The first-order valence-electron chi connectivity index (χ1n) is 10.9. The van der Waals surface area contributed by atoms with Gasteiger partial charge in [0.1, 0.15) is 0 Å². The molecule has 0 aromatic heterocycles. The maximum atomic E-state index is 7.13. The van der Waals surface area contributed by atoms with Crippen LogP contribution in [0.4, 0.5) is 5.69 Å². The molecule has 1 heterocycles. The fraction of sp³-hybridized carbons (Fsp3) is 0.333. The number of anilines is 1. The zero-order valence-electron chi connectivity index (χ0n) is 19.7. The molecule has 1 N–H and O–H groups in total. The van der Waals surface area contributed by atoms with Crippen molar-refractivity contribution in [2.75, 3.05) is 12.2 Å². The van der Waals surface area contributed by atoms with E-state index in [-0.39, 0.29) is 10.8 Å². The van der Waals surface area contributed by atoms with Crippen LogP contribution in [-0.4, -0.2) is 7.11 Å². The van der Waals surface area contributed by atoms with Gasteiger partial charge < -0.3 is 0 Å². The predicted octanol–water partition coefficient (Wildman–Crippen LogP) is 6.68. The molecular formula is C27H34NO2P. The maximum absolute atomic E-state index is 7.13. The summed E-state index contributed by atoms with van der Waals surface area (Å²) in [6, 6.07) is 25.2. The Hall–Kier alpha value is -2.35. The molecule has 0 aliphatic carbocycles. The zero-order valence-corrected chi connectivity index (χ0v) is 20.6. The van der Waals surface area contributed by atoms with Gasteiger partial charge in [0.2, 0.25) is 0 Å². The Bertz CT molecular complexity index is 1060. The minimum absolute atomic E-state index is 0.0162. The Kier molecular flexibility index (Phi) is 5.00. The average Bonchev–Trinajstić information content (AvgIpc) is 3.10. The molecule has 3 aromatic rings. The number of hydrogen-bond acceptors (Lipinski definition) is 3. The summed E-state index contributed by atoms with van der Waals surface area (Å²) >= 11 is 0. The van der Waals surface area contributed by atoms with E-state index in [4.69, 9.17) is 9.05 Å². The molecule has 4 heteroatoms. The Labute approximate surface area is 187 Å². The zero-order chi connectivity index (χ0) is 22.5. The average molecular weight is 436 g/mol. The Morgan fingerprint density at radius 3 is 1.68 bits per heavy atom. The minimum atomic E-state index is -3.67. The summed E-state index contributed by atoms with van der Waals surface area (Å²) < 4.78 is 13.7. The molecule has 0 bridgehead atoms. The number of hydrogen-bond donors (Lipinski definition) is 1. The molecule has 3 nitrogen and oxygen atoms in total. The molecule has 164 valence electrons. The second kappa shape index (κ2) is 7.08. The number of fused-ring (bicyclic) bond motifs is 1. The van der Waals surface area contributed by atoms with Crippen LogP contribution in [0.15, 0.2) is 72.8 Å². The van der Waals surface area contributed by atoms with Crippen molar-refractivity contribution in [3.63, 3.8) is 0 Å². The van der Waals surface area contributed by atoms with Crippen molar-refractivity contribution in [2.45, 2.75) is 52.4 Å². The van der Waals surface area contributed by atoms with Crippen LogP contribution in [0.1, 0.15) is 52.7 Å². The van der Waals surface area contributed by atoms with E-state index in [9.17, 15) is 0 Å². The number of rotatable bonds is 3. The summed E-state index contributed by atoms with van der Waals surface area (Å²) in [4.78, 5) is 0. The van der Waals surface area contributed by atoms with Gasteiger partial charge in [-0.1, -0.05) is 0 Å². The first-order chi connectivity index (χ1) is 14.5. The van der Waals surface area contributed by atoms with E-state index in [1.54, 1.807) is 7.11 Å². The SMILES string of the molecule is COP1(c2ccccc2)(c2ccccc2)Nc2cc(C(C)(C)C)cc(C(C)(C)C)c2O1. The first kappa shape index (κ1) is 21.9. The molecule has 0 saturated carbocycles. The second-order valence-electron chi connectivity index (χ2n) is 10.4. The van der Waals surface area contributed by atoms with Gasteiger partial charge in [0, 0.05) is 0 Å². The van der Waals surface area contributed by atoms with Crippen molar-refractivity contribution in [3.05, 3.63) is 83.9 Å². The molecule has 0 atom stereocenters. The third-order valence-corrected chi connectivity index (χ3v) is 10.5. The summed E-state index contributed by atoms with van der Waals surface area (Å²) in [6.07, 6.45) is 0. The first-order valence-corrected chi connectivity index (χ1v) is 12.9. The molecule has 0 radical (unpaired) electrons. The van der Waals surface area contributed by atoms with Gasteiger partial charge in [0.15, 0.2) is 0 Å². The van der Waals surface area contributed by atoms with Crippen LogP contribution in [-0.2, 0) is 15.4 Å². The predicted molar refractivity (Wildman–Crippen MR) is 134 cm³/mol. The molecule has 0 spiro atoms. The van der Waals surface area contributed by atoms with E-state index in [1.807, 2.05) is 36.4 Å². The molecule has 3 aromatic carbocycles. The van der Waals surface area contributed by atoms with Gasteiger partial charge in [-0.15, -0.1) is 0 Å². The molecule has 0 saturated heterocycles. The normalized spacial score (nSPS) is 18.2. The van der Waals surface area contributed by atoms with E-state index >= 15 is 0 Å². The molecular weight excluding hydrogens is 401 g/mol. The van der Waals surface area contributed by atoms with E-state index in [1.165, 1.54) is 11.1 Å². The van der Waals surface area contributed by atoms with Crippen molar-refractivity contribution in [2.24, 2.45) is 0 Å². The molecule has 31 heavy (non-hydrogen) atoms. The van der Waals surface area contributed by atoms with Crippen molar-refractivity contribution in [1.29, 1.82) is 0 Å². The van der Waals surface area contributed by atoms with E-state index < -0.39 is 7.21 Å². The van der Waals surface area contributed by atoms with Gasteiger partial charge in [-0.2, -0.15) is 0 Å². The summed E-state index contributed by atoms with van der Waals surface area (Å²) in [5, 5.41) is 5.90. The summed E-state index contributed by atoms with van der Waals surface area (Å²) in [7, 11) is -1.90. The molecule has 0 amide bonds. The summed E-state index contributed by atoms with van der Waals surface area (Å²) in [5.41, 5.74) is 3.41. The van der Waals surface area contributed by atoms with Crippen LogP contribution < -0.4 is 20.2 Å². The van der Waals surface area contributed by atoms with Gasteiger partial charge in [-0.25, -0.2) is 0 Å². The van der Waals surface area contributed by atoms with Crippen LogP contribution in [0.2, 0.25) is 0 Å². The topological polar surface area (TPSA) is 30.5 Å². The molecule has 0 unspecified atom stereocenters. The van der Waals surface area contributed by atoms with Crippen molar-refractivity contribution >= 4 is 23.5 Å². The third kappa shape index (κ3) is 3.35. The number of nitrogens with one attached hydrogen (secondary N) is 1. The van der Waals surface area contributed by atoms with E-state index in [2.05, 4.69) is 83.0 Å². The second-order valence-corrected chi connectivity index (χ2v) is 14.1. The summed E-state index contributed by atoms with van der Waals surface area (Å²) in [6.45, 7) is 13.5. The fourth-order valence-electron chi connectivity index (χ4n) is 4.29. The van der Waals surface area contributed by atoms with Crippen molar-refractivity contribution in [3.8, 4) is 5.75 Å². The number of benzene rings is 3. The van der Waals surface area contributed by atoms with Gasteiger partial charge >= 0.3 is 187 Å². The van der Waals surface area contributed by atoms with Gasteiger partial charge in [-0.05, 0) is 0 Å². The van der Waals surface area contributed by atoms with Crippen molar-refractivity contribution < 1.29 is 9.05 Å². The third-order valence-electron chi connectivity index (χ3n) is 6.15. The van der Waals surface area contributed by atoms with Crippen LogP contribution in [0.5, 0.6) is 5.75 Å². The quantitative estimate of drug-likeness (QED) is 0.466. The van der Waals surface area contributed by atoms with Gasteiger partial charge in [-0.3, -0.25) is 0 Å². The monoisotopic (exact) mass is 435 g/mol. The van der Waals surface area contributed by atoms with Crippen LogP contribution in [0.3, 0.4) is 0 Å². The fourth-order valence-corrected chi connectivity index (χ4v) is 8.27. The van der Waals surface area contributed by atoms with Crippen molar-refractivity contribution in [1.82, 2.24) is 0 Å². The Balaban J connectivity index is 2.07. The van der Waals surface area contributed by atoms with E-state index in [0.29, 0.717) is 0 Å². The standard InChI is InChI=1S/C27H34NO2P/c1-26(2,3)20-18-23(27(4,5)6)25-24(19-20)28-31(29-7,30-25,21-14-10-8-11-15-21)22-16-12-9-13-17-22/h8-19,28H,1-7H3.